The van der Waals surface area contributed by atoms with Crippen LogP contribution in [0.3, 0.4) is 0 Å². The Labute approximate surface area is 194 Å². The number of hydrogen-bond donors (Lipinski definition) is 1. The van der Waals surface area contributed by atoms with Crippen LogP contribution >= 0.6 is 0 Å². The number of rotatable bonds is 3. The molecule has 0 radical (unpaired) electrons. The van der Waals surface area contributed by atoms with Gasteiger partial charge in [0, 0.05) is 7.05 Å². The molecule has 0 aromatic heterocycles. The highest BCUT2D eigenvalue weighted by Crippen LogP contribution is 2.52. The van der Waals surface area contributed by atoms with E-state index in [1.54, 1.807) is 11.9 Å². The Kier molecular flexibility index (Phi) is 4.86. The fourth-order valence-electron chi connectivity index (χ4n) is 6.62. The summed E-state index contributed by atoms with van der Waals surface area (Å²) in [6, 6.07) is 14.3. The maximum atomic E-state index is 13.8. The number of fused-ring (bicyclic) bond motifs is 2. The van der Waals surface area contributed by atoms with Crippen LogP contribution in [-0.2, 0) is 10.3 Å². The van der Waals surface area contributed by atoms with E-state index in [0.29, 0.717) is 11.9 Å². The van der Waals surface area contributed by atoms with E-state index in [1.807, 2.05) is 24.3 Å². The molecule has 4 atom stereocenters. The third kappa shape index (κ3) is 3.22. The second-order valence-corrected chi connectivity index (χ2v) is 10.1. The van der Waals surface area contributed by atoms with E-state index in [-0.39, 0.29) is 18.6 Å². The minimum atomic E-state index is -0.937. The molecule has 2 fully saturated rings. The van der Waals surface area contributed by atoms with Gasteiger partial charge >= 0.3 is 0 Å². The average Bonchev–Trinajstić information content (AvgIpc) is 3.42. The number of hydrogen-bond acceptors (Lipinski definition) is 5. The van der Waals surface area contributed by atoms with Crippen molar-refractivity contribution in [2.75, 3.05) is 13.8 Å². The highest BCUT2D eigenvalue weighted by Gasteiger charge is 2.55. The van der Waals surface area contributed by atoms with Crippen molar-refractivity contribution in [2.45, 2.75) is 50.5 Å². The van der Waals surface area contributed by atoms with Crippen molar-refractivity contribution in [1.82, 2.24) is 4.90 Å². The van der Waals surface area contributed by atoms with E-state index in [4.69, 9.17) is 20.2 Å². The Balaban J connectivity index is 1.41. The summed E-state index contributed by atoms with van der Waals surface area (Å²) in [4.78, 5) is 20.3. The molecule has 2 N–H and O–H groups in total. The summed E-state index contributed by atoms with van der Waals surface area (Å²) in [5.74, 6) is 3.51. The Morgan fingerprint density at radius 2 is 1.76 bits per heavy atom. The fourth-order valence-corrected chi connectivity index (χ4v) is 6.62. The number of carbonyl (C=O) groups is 1. The number of benzene rings is 2. The Hall–Kier alpha value is -3.02. The van der Waals surface area contributed by atoms with Crippen molar-refractivity contribution in [3.05, 3.63) is 48.0 Å². The van der Waals surface area contributed by atoms with Gasteiger partial charge in [0.1, 0.15) is 0 Å². The monoisotopic (exact) mass is 445 g/mol. The largest absolute Gasteiger partial charge is 0.454 e. The molecule has 1 amide bonds. The highest BCUT2D eigenvalue weighted by atomic mass is 16.7. The maximum absolute atomic E-state index is 13.8. The first kappa shape index (κ1) is 20.6. The minimum Gasteiger partial charge on any atom is -0.454 e. The summed E-state index contributed by atoms with van der Waals surface area (Å²) in [5.41, 5.74) is 8.32. The van der Waals surface area contributed by atoms with Crippen LogP contribution in [0.4, 0.5) is 0 Å². The van der Waals surface area contributed by atoms with Gasteiger partial charge < -0.3 is 15.2 Å². The Morgan fingerprint density at radius 1 is 0.970 bits per heavy atom. The SMILES string of the molecule is CN1C(=O)C(c2cccc(-c3ccc4c(c3)OCO4)c2)(C2CCC3CCCCC3C2)N=C1N. The van der Waals surface area contributed by atoms with Crippen LogP contribution in [0.15, 0.2) is 47.5 Å². The molecule has 6 heteroatoms. The lowest BCUT2D eigenvalue weighted by Crippen LogP contribution is -2.47. The predicted molar refractivity (Wildman–Crippen MR) is 127 cm³/mol. The number of aliphatic imine (C=N–C) groups is 1. The number of nitrogens with zero attached hydrogens (tertiary/aromatic N) is 2. The van der Waals surface area contributed by atoms with E-state index >= 15 is 0 Å². The van der Waals surface area contributed by atoms with E-state index in [0.717, 1.165) is 46.9 Å². The first-order valence-corrected chi connectivity index (χ1v) is 12.2. The first-order valence-electron chi connectivity index (χ1n) is 12.2. The molecule has 2 aliphatic heterocycles. The van der Waals surface area contributed by atoms with Crippen molar-refractivity contribution in [2.24, 2.45) is 28.5 Å². The molecule has 0 spiro atoms. The molecule has 33 heavy (non-hydrogen) atoms. The number of nitrogens with two attached hydrogens (primary N) is 1. The van der Waals surface area contributed by atoms with Crippen molar-refractivity contribution >= 4 is 11.9 Å². The molecule has 2 aromatic carbocycles. The van der Waals surface area contributed by atoms with Gasteiger partial charge in [0.2, 0.25) is 6.79 Å². The maximum Gasteiger partial charge on any atom is 0.261 e. The zero-order valence-corrected chi connectivity index (χ0v) is 19.1. The quantitative estimate of drug-likeness (QED) is 0.745. The number of amides is 1. The van der Waals surface area contributed by atoms with Gasteiger partial charge in [-0.1, -0.05) is 49.9 Å². The van der Waals surface area contributed by atoms with Crippen molar-refractivity contribution < 1.29 is 14.3 Å². The van der Waals surface area contributed by atoms with Gasteiger partial charge in [0.25, 0.3) is 5.91 Å². The van der Waals surface area contributed by atoms with Crippen molar-refractivity contribution in [3.63, 3.8) is 0 Å². The van der Waals surface area contributed by atoms with E-state index in [1.165, 1.54) is 32.1 Å². The zero-order valence-electron chi connectivity index (χ0n) is 19.1. The van der Waals surface area contributed by atoms with Gasteiger partial charge in [-0.15, -0.1) is 0 Å². The highest BCUT2D eigenvalue weighted by molar-refractivity contribution is 6.07. The number of likely N-dealkylation sites (N-methyl/N-ethyl adjacent to an activating group) is 1. The molecule has 2 aliphatic carbocycles. The summed E-state index contributed by atoms with van der Waals surface area (Å²) >= 11 is 0. The third-order valence-corrected chi connectivity index (χ3v) is 8.40. The second kappa shape index (κ2) is 7.79. The smallest absolute Gasteiger partial charge is 0.261 e. The second-order valence-electron chi connectivity index (χ2n) is 10.1. The average molecular weight is 446 g/mol. The summed E-state index contributed by atoms with van der Waals surface area (Å²) in [6.45, 7) is 0.251. The standard InChI is InChI=1S/C27H31N3O3/c1-30-25(31)27(29-26(30)28,22-11-9-17-5-2-3-6-18(17)13-22)21-8-4-7-19(14-21)20-10-12-23-24(15-20)33-16-32-23/h4,7-8,10,12,14-15,17-18,22H,2-3,5-6,9,11,13,16H2,1H3,(H2,28,29). The van der Waals surface area contributed by atoms with Gasteiger partial charge in [-0.2, -0.15) is 0 Å². The lowest BCUT2D eigenvalue weighted by Gasteiger charge is -2.44. The normalized spacial score (nSPS) is 30.8. The molecule has 0 bridgehead atoms. The lowest BCUT2D eigenvalue weighted by molar-refractivity contribution is -0.133. The number of carbonyl (C=O) groups excluding carboxylic acids is 1. The van der Waals surface area contributed by atoms with E-state index in [2.05, 4.69) is 18.2 Å². The summed E-state index contributed by atoms with van der Waals surface area (Å²) in [6.07, 6.45) is 8.52. The molecular weight excluding hydrogens is 414 g/mol. The third-order valence-electron chi connectivity index (χ3n) is 8.40. The van der Waals surface area contributed by atoms with E-state index < -0.39 is 5.54 Å². The molecular formula is C27H31N3O3. The Morgan fingerprint density at radius 3 is 2.58 bits per heavy atom. The molecule has 6 nitrogen and oxygen atoms in total. The van der Waals surface area contributed by atoms with Crippen molar-refractivity contribution in [1.29, 1.82) is 0 Å². The molecule has 2 aromatic rings. The molecule has 4 unspecified atom stereocenters. The number of ether oxygens (including phenoxy) is 2. The first-order chi connectivity index (χ1) is 16.1. The van der Waals surface area contributed by atoms with Crippen LogP contribution in [-0.4, -0.2) is 30.6 Å². The van der Waals surface area contributed by atoms with Crippen LogP contribution in [0, 0.1) is 17.8 Å². The number of guanidine groups is 1. The zero-order chi connectivity index (χ0) is 22.6. The van der Waals surface area contributed by atoms with Crippen LogP contribution in [0.1, 0.15) is 50.5 Å². The summed E-state index contributed by atoms with van der Waals surface area (Å²) in [5, 5.41) is 0. The van der Waals surface area contributed by atoms with Gasteiger partial charge in [0.05, 0.1) is 0 Å². The van der Waals surface area contributed by atoms with Gasteiger partial charge in [-0.3, -0.25) is 9.69 Å². The van der Waals surface area contributed by atoms with Crippen LogP contribution < -0.4 is 15.2 Å². The fraction of sp³-hybridized carbons (Fsp3) is 0.481. The van der Waals surface area contributed by atoms with E-state index in [9.17, 15) is 4.79 Å². The molecule has 6 rings (SSSR count). The van der Waals surface area contributed by atoms with Crippen molar-refractivity contribution in [3.8, 4) is 22.6 Å². The summed E-state index contributed by atoms with van der Waals surface area (Å²) < 4.78 is 11.0. The lowest BCUT2D eigenvalue weighted by atomic mass is 9.61. The molecule has 2 saturated carbocycles. The molecule has 2 heterocycles. The van der Waals surface area contributed by atoms with Crippen LogP contribution in [0.5, 0.6) is 11.5 Å². The van der Waals surface area contributed by atoms with Gasteiger partial charge in [-0.25, -0.2) is 4.99 Å². The predicted octanol–water partition coefficient (Wildman–Crippen LogP) is 4.67. The van der Waals surface area contributed by atoms with Gasteiger partial charge in [-0.05, 0) is 71.9 Å². The topological polar surface area (TPSA) is 77.2 Å². The molecule has 172 valence electrons. The molecule has 4 aliphatic rings. The van der Waals surface area contributed by atoms with Crippen LogP contribution in [0.25, 0.3) is 11.1 Å². The van der Waals surface area contributed by atoms with Crippen LogP contribution in [0.2, 0.25) is 0 Å². The minimum absolute atomic E-state index is 0.00194. The van der Waals surface area contributed by atoms with Gasteiger partial charge in [0.15, 0.2) is 23.0 Å². The summed E-state index contributed by atoms with van der Waals surface area (Å²) in [7, 11) is 1.75. The Bertz CT molecular complexity index is 1130. The molecule has 0 saturated heterocycles.